The van der Waals surface area contributed by atoms with Gasteiger partial charge in [-0.2, -0.15) is 0 Å². The van der Waals surface area contributed by atoms with Crippen molar-refractivity contribution >= 4 is 0 Å². The van der Waals surface area contributed by atoms with Crippen molar-refractivity contribution in [3.63, 3.8) is 0 Å². The van der Waals surface area contributed by atoms with Gasteiger partial charge in [0.2, 0.25) is 0 Å². The fraction of sp³-hybridized carbons (Fsp3) is 1.00. The van der Waals surface area contributed by atoms with E-state index in [2.05, 4.69) is 11.8 Å². The molecule has 0 N–H and O–H groups in total. The molecule has 3 rings (SSSR count). The maximum absolute atomic E-state index is 2.72. The molecule has 1 heterocycles. The van der Waals surface area contributed by atoms with Crippen LogP contribution >= 0.6 is 0 Å². The molecule has 0 aromatic heterocycles. The summed E-state index contributed by atoms with van der Waals surface area (Å²) in [5.74, 6) is 1.02. The molecule has 12 heavy (non-hydrogen) atoms. The van der Waals surface area contributed by atoms with Crippen molar-refractivity contribution in [2.75, 3.05) is 13.1 Å². The zero-order valence-corrected chi connectivity index (χ0v) is 8.05. The summed E-state index contributed by atoms with van der Waals surface area (Å²) in [6, 6.07) is 1.02. The smallest absolute Gasteiger partial charge is 0.00969 e. The van der Waals surface area contributed by atoms with Crippen LogP contribution in [0.25, 0.3) is 0 Å². The second-order valence-electron chi connectivity index (χ2n) is 5.48. The van der Waals surface area contributed by atoms with E-state index in [-0.39, 0.29) is 0 Å². The van der Waals surface area contributed by atoms with Crippen molar-refractivity contribution < 1.29 is 0 Å². The molecular formula is C11H19N. The van der Waals surface area contributed by atoms with E-state index in [1.165, 1.54) is 45.2 Å². The van der Waals surface area contributed by atoms with Gasteiger partial charge in [-0.25, -0.2) is 0 Å². The third-order valence-corrected chi connectivity index (χ3v) is 4.09. The standard InChI is InChI=1S/C11H19N/c1-9-4-5-11(6-9)7-12(8-11)10-2-3-10/h9-10H,2-8H2,1H3. The first-order valence-electron chi connectivity index (χ1n) is 5.52. The summed E-state index contributed by atoms with van der Waals surface area (Å²) in [5, 5.41) is 0. The number of nitrogens with zero attached hydrogens (tertiary/aromatic N) is 1. The van der Waals surface area contributed by atoms with E-state index in [1.54, 1.807) is 0 Å². The Hall–Kier alpha value is -0.0400. The number of hydrogen-bond acceptors (Lipinski definition) is 1. The van der Waals surface area contributed by atoms with E-state index in [9.17, 15) is 0 Å². The highest BCUT2D eigenvalue weighted by Crippen LogP contribution is 2.50. The normalized spacial score (nSPS) is 40.2. The molecule has 0 radical (unpaired) electrons. The molecule has 3 fully saturated rings. The number of hydrogen-bond donors (Lipinski definition) is 0. The molecule has 0 aromatic rings. The van der Waals surface area contributed by atoms with E-state index >= 15 is 0 Å². The van der Waals surface area contributed by atoms with Gasteiger partial charge in [0.1, 0.15) is 0 Å². The quantitative estimate of drug-likeness (QED) is 0.576. The van der Waals surface area contributed by atoms with Crippen LogP contribution in [-0.2, 0) is 0 Å². The van der Waals surface area contributed by atoms with Gasteiger partial charge in [0.15, 0.2) is 0 Å². The SMILES string of the molecule is CC1CCC2(C1)CN(C1CC1)C2. The fourth-order valence-corrected chi connectivity index (χ4v) is 3.30. The Labute approximate surface area is 75.1 Å². The molecule has 1 heteroatoms. The minimum absolute atomic E-state index is 0.808. The second-order valence-corrected chi connectivity index (χ2v) is 5.48. The molecule has 1 spiro atoms. The van der Waals surface area contributed by atoms with E-state index in [0.29, 0.717) is 0 Å². The highest BCUT2D eigenvalue weighted by Gasteiger charge is 2.50. The van der Waals surface area contributed by atoms with Crippen LogP contribution in [0.2, 0.25) is 0 Å². The van der Waals surface area contributed by atoms with E-state index in [4.69, 9.17) is 0 Å². The third kappa shape index (κ3) is 1.02. The van der Waals surface area contributed by atoms with Gasteiger partial charge in [-0.05, 0) is 37.0 Å². The molecular weight excluding hydrogens is 146 g/mol. The molecule has 0 amide bonds. The maximum Gasteiger partial charge on any atom is 0.00969 e. The average Bonchev–Trinajstić information content (AvgIpc) is 2.72. The topological polar surface area (TPSA) is 3.24 Å². The van der Waals surface area contributed by atoms with Crippen LogP contribution < -0.4 is 0 Å². The van der Waals surface area contributed by atoms with Gasteiger partial charge in [-0.1, -0.05) is 13.3 Å². The Balaban J connectivity index is 1.59. The van der Waals surface area contributed by atoms with Gasteiger partial charge in [0.25, 0.3) is 0 Å². The van der Waals surface area contributed by atoms with Gasteiger partial charge in [0, 0.05) is 19.1 Å². The van der Waals surface area contributed by atoms with Crippen LogP contribution in [-0.4, -0.2) is 24.0 Å². The van der Waals surface area contributed by atoms with Gasteiger partial charge < -0.3 is 0 Å². The predicted molar refractivity (Wildman–Crippen MR) is 50.0 cm³/mol. The molecule has 0 bridgehead atoms. The van der Waals surface area contributed by atoms with Crippen molar-refractivity contribution in [2.24, 2.45) is 11.3 Å². The largest absolute Gasteiger partial charge is 0.299 e. The summed E-state index contributed by atoms with van der Waals surface area (Å²) in [7, 11) is 0. The van der Waals surface area contributed by atoms with Gasteiger partial charge in [0.05, 0.1) is 0 Å². The first kappa shape index (κ1) is 7.37. The Kier molecular flexibility index (Phi) is 1.39. The first-order valence-corrected chi connectivity index (χ1v) is 5.52. The minimum Gasteiger partial charge on any atom is -0.299 e. The molecule has 1 atom stereocenters. The second kappa shape index (κ2) is 2.25. The van der Waals surface area contributed by atoms with Crippen LogP contribution in [0.15, 0.2) is 0 Å². The van der Waals surface area contributed by atoms with Crippen LogP contribution in [0.1, 0.15) is 39.0 Å². The van der Waals surface area contributed by atoms with Crippen molar-refractivity contribution in [1.82, 2.24) is 4.90 Å². The maximum atomic E-state index is 2.72. The summed E-state index contributed by atoms with van der Waals surface area (Å²) in [6.07, 6.45) is 7.53. The fourth-order valence-electron chi connectivity index (χ4n) is 3.30. The Bertz CT molecular complexity index is 189. The van der Waals surface area contributed by atoms with Gasteiger partial charge in [-0.15, -0.1) is 0 Å². The third-order valence-electron chi connectivity index (χ3n) is 4.09. The highest BCUT2D eigenvalue weighted by atomic mass is 15.3. The minimum atomic E-state index is 0.808. The highest BCUT2D eigenvalue weighted by molar-refractivity contribution is 5.04. The molecule has 0 aromatic carbocycles. The first-order chi connectivity index (χ1) is 5.77. The lowest BCUT2D eigenvalue weighted by Crippen LogP contribution is -2.55. The molecule has 2 saturated carbocycles. The van der Waals surface area contributed by atoms with Crippen molar-refractivity contribution in [3.05, 3.63) is 0 Å². The lowest BCUT2D eigenvalue weighted by molar-refractivity contribution is -0.00309. The van der Waals surface area contributed by atoms with Crippen molar-refractivity contribution in [2.45, 2.75) is 45.1 Å². The molecule has 1 aliphatic heterocycles. The Morgan fingerprint density at radius 2 is 1.92 bits per heavy atom. The number of rotatable bonds is 1. The van der Waals surface area contributed by atoms with Crippen LogP contribution in [0.4, 0.5) is 0 Å². The van der Waals surface area contributed by atoms with E-state index in [0.717, 1.165) is 17.4 Å². The zero-order chi connectivity index (χ0) is 8.18. The summed E-state index contributed by atoms with van der Waals surface area (Å²) < 4.78 is 0. The Morgan fingerprint density at radius 3 is 2.42 bits per heavy atom. The average molecular weight is 165 g/mol. The van der Waals surface area contributed by atoms with Gasteiger partial charge in [-0.3, -0.25) is 4.90 Å². The summed E-state index contributed by atoms with van der Waals surface area (Å²) in [5.41, 5.74) is 0.808. The zero-order valence-electron chi connectivity index (χ0n) is 8.05. The molecule has 3 aliphatic rings. The lowest BCUT2D eigenvalue weighted by Gasteiger charge is -2.49. The van der Waals surface area contributed by atoms with Gasteiger partial charge >= 0.3 is 0 Å². The van der Waals surface area contributed by atoms with Crippen molar-refractivity contribution in [1.29, 1.82) is 0 Å². The summed E-state index contributed by atoms with van der Waals surface area (Å²) in [6.45, 7) is 5.32. The van der Waals surface area contributed by atoms with Crippen LogP contribution in [0.3, 0.4) is 0 Å². The molecule has 1 saturated heterocycles. The van der Waals surface area contributed by atoms with Crippen LogP contribution in [0, 0.1) is 11.3 Å². The van der Waals surface area contributed by atoms with E-state index in [1.807, 2.05) is 0 Å². The molecule has 2 aliphatic carbocycles. The van der Waals surface area contributed by atoms with E-state index < -0.39 is 0 Å². The monoisotopic (exact) mass is 165 g/mol. The predicted octanol–water partition coefficient (Wildman–Crippen LogP) is 2.27. The molecule has 1 nitrogen and oxygen atoms in total. The lowest BCUT2D eigenvalue weighted by atomic mass is 9.77. The summed E-state index contributed by atoms with van der Waals surface area (Å²) in [4.78, 5) is 2.72. The number of likely N-dealkylation sites (tertiary alicyclic amines) is 1. The molecule has 68 valence electrons. The Morgan fingerprint density at radius 1 is 1.17 bits per heavy atom. The van der Waals surface area contributed by atoms with Crippen LogP contribution in [0.5, 0.6) is 0 Å². The van der Waals surface area contributed by atoms with Crippen molar-refractivity contribution in [3.8, 4) is 0 Å². The molecule has 1 unspecified atom stereocenters. The summed E-state index contributed by atoms with van der Waals surface area (Å²) >= 11 is 0.